The van der Waals surface area contributed by atoms with Crippen LogP contribution in [0, 0.1) is 28.6 Å². The maximum atomic E-state index is 9.26. The number of phenolic OH excluding ortho intramolecular Hbond substituents is 1. The van der Waals surface area contributed by atoms with Crippen LogP contribution in [-0.2, 0) is 0 Å². The minimum Gasteiger partial charge on any atom is -0.508 e. The number of hydrogen-bond acceptors (Lipinski definition) is 3. The predicted molar refractivity (Wildman–Crippen MR) is 81.9 cm³/mol. The Balaban J connectivity index is 2.27. The van der Waals surface area contributed by atoms with Gasteiger partial charge in [0, 0.05) is 0 Å². The summed E-state index contributed by atoms with van der Waals surface area (Å²) < 4.78 is 0. The fourth-order valence-corrected chi connectivity index (χ4v) is 2.44. The molecule has 1 atom stereocenters. The molecule has 1 unspecified atom stereocenters. The number of hydrogen-bond donors (Lipinski definition) is 1. The number of aromatic hydroxyl groups is 1. The number of rotatable bonds is 2. The van der Waals surface area contributed by atoms with Crippen molar-refractivity contribution in [3.05, 3.63) is 58.7 Å². The van der Waals surface area contributed by atoms with E-state index in [1.54, 1.807) is 12.1 Å². The summed E-state index contributed by atoms with van der Waals surface area (Å²) in [6.07, 6.45) is 7.63. The Hall–Kier alpha value is -2.78. The molecule has 0 heterocycles. The third-order valence-electron chi connectivity index (χ3n) is 3.44. The third kappa shape index (κ3) is 3.84. The van der Waals surface area contributed by atoms with E-state index < -0.39 is 0 Å². The van der Waals surface area contributed by atoms with Gasteiger partial charge in [0.1, 0.15) is 23.5 Å². The molecule has 1 aromatic rings. The number of benzene rings is 1. The third-order valence-corrected chi connectivity index (χ3v) is 3.44. The fraction of sp³-hybridized carbons (Fsp3) is 0.222. The van der Waals surface area contributed by atoms with Gasteiger partial charge in [0.05, 0.1) is 0 Å². The number of nitrogens with zero attached hydrogens (tertiary/aromatic N) is 2. The van der Waals surface area contributed by atoms with Crippen LogP contribution in [0.5, 0.6) is 5.75 Å². The first-order valence-corrected chi connectivity index (χ1v) is 6.83. The molecule has 3 nitrogen and oxygen atoms in total. The van der Waals surface area contributed by atoms with Crippen molar-refractivity contribution in [2.45, 2.75) is 19.8 Å². The van der Waals surface area contributed by atoms with Crippen LogP contribution < -0.4 is 0 Å². The van der Waals surface area contributed by atoms with E-state index in [0.29, 0.717) is 5.92 Å². The average molecular weight is 276 g/mol. The minimum atomic E-state index is 0.206. The highest BCUT2D eigenvalue weighted by atomic mass is 16.3. The molecule has 0 saturated carbocycles. The first kappa shape index (κ1) is 14.6. The van der Waals surface area contributed by atoms with Crippen LogP contribution in [0.4, 0.5) is 0 Å². The molecule has 1 N–H and O–H groups in total. The lowest BCUT2D eigenvalue weighted by Crippen LogP contribution is -2.05. The molecule has 0 bridgehead atoms. The molecule has 0 radical (unpaired) electrons. The molecule has 0 saturated heterocycles. The van der Waals surface area contributed by atoms with Crippen molar-refractivity contribution >= 4 is 6.08 Å². The molecule has 0 aromatic heterocycles. The van der Waals surface area contributed by atoms with E-state index in [0.717, 1.165) is 29.6 Å². The van der Waals surface area contributed by atoms with E-state index in [4.69, 9.17) is 10.5 Å². The molecule has 0 amide bonds. The first-order valence-electron chi connectivity index (χ1n) is 6.83. The zero-order valence-electron chi connectivity index (χ0n) is 11.9. The van der Waals surface area contributed by atoms with Crippen molar-refractivity contribution < 1.29 is 5.11 Å². The lowest BCUT2D eigenvalue weighted by molar-refractivity contribution is 0.475. The summed E-state index contributed by atoms with van der Waals surface area (Å²) in [5.41, 5.74) is 3.14. The van der Waals surface area contributed by atoms with Gasteiger partial charge in [-0.1, -0.05) is 37.3 Å². The van der Waals surface area contributed by atoms with Crippen molar-refractivity contribution in [2.75, 3.05) is 0 Å². The molecular formula is C18H16N2O. The van der Waals surface area contributed by atoms with Crippen molar-refractivity contribution in [1.29, 1.82) is 10.5 Å². The van der Waals surface area contributed by atoms with Crippen LogP contribution in [0.3, 0.4) is 0 Å². The highest BCUT2D eigenvalue weighted by Gasteiger charge is 2.16. The molecular weight excluding hydrogens is 260 g/mol. The van der Waals surface area contributed by atoms with Gasteiger partial charge < -0.3 is 5.11 Å². The fourth-order valence-electron chi connectivity index (χ4n) is 2.44. The second-order valence-electron chi connectivity index (χ2n) is 5.28. The van der Waals surface area contributed by atoms with Crippen LogP contribution in [-0.4, -0.2) is 5.11 Å². The van der Waals surface area contributed by atoms with E-state index >= 15 is 0 Å². The Labute approximate surface area is 124 Å². The van der Waals surface area contributed by atoms with Gasteiger partial charge in [0.15, 0.2) is 0 Å². The van der Waals surface area contributed by atoms with E-state index in [9.17, 15) is 5.11 Å². The molecule has 3 heteroatoms. The van der Waals surface area contributed by atoms with Gasteiger partial charge >= 0.3 is 0 Å². The maximum Gasteiger partial charge on any atom is 0.132 e. The zero-order valence-corrected chi connectivity index (χ0v) is 11.9. The van der Waals surface area contributed by atoms with Gasteiger partial charge in [-0.25, -0.2) is 0 Å². The van der Waals surface area contributed by atoms with E-state index in [1.807, 2.05) is 42.5 Å². The van der Waals surface area contributed by atoms with E-state index in [1.165, 1.54) is 0 Å². The summed E-state index contributed by atoms with van der Waals surface area (Å²) in [7, 11) is 0. The van der Waals surface area contributed by atoms with Gasteiger partial charge in [-0.3, -0.25) is 0 Å². The Morgan fingerprint density at radius 3 is 2.43 bits per heavy atom. The van der Waals surface area contributed by atoms with Gasteiger partial charge in [-0.2, -0.15) is 10.5 Å². The van der Waals surface area contributed by atoms with Crippen molar-refractivity contribution in [1.82, 2.24) is 0 Å². The molecule has 104 valence electrons. The van der Waals surface area contributed by atoms with Crippen molar-refractivity contribution in [2.24, 2.45) is 5.92 Å². The largest absolute Gasteiger partial charge is 0.508 e. The maximum absolute atomic E-state index is 9.26. The Kier molecular flexibility index (Phi) is 4.59. The summed E-state index contributed by atoms with van der Waals surface area (Å²) in [4.78, 5) is 0. The topological polar surface area (TPSA) is 67.8 Å². The van der Waals surface area contributed by atoms with Crippen molar-refractivity contribution in [3.63, 3.8) is 0 Å². The van der Waals surface area contributed by atoms with Gasteiger partial charge in [0.2, 0.25) is 0 Å². The molecule has 0 aliphatic heterocycles. The predicted octanol–water partition coefficient (Wildman–Crippen LogP) is 4.11. The molecule has 2 rings (SSSR count). The van der Waals surface area contributed by atoms with Crippen LogP contribution >= 0.6 is 0 Å². The van der Waals surface area contributed by atoms with Crippen molar-refractivity contribution in [3.8, 4) is 17.9 Å². The van der Waals surface area contributed by atoms with Gasteiger partial charge in [0.25, 0.3) is 0 Å². The lowest BCUT2D eigenvalue weighted by atomic mass is 9.85. The minimum absolute atomic E-state index is 0.206. The average Bonchev–Trinajstić information content (AvgIpc) is 2.47. The van der Waals surface area contributed by atoms with Crippen LogP contribution in [0.15, 0.2) is 53.1 Å². The van der Waals surface area contributed by atoms with Crippen LogP contribution in [0.25, 0.3) is 6.08 Å². The molecule has 0 spiro atoms. The standard InChI is InChI=1S/C18H16N2O/c1-13-8-15(10-16(9-13)17(11-19)12-20)3-2-14-4-6-18(21)7-5-14/h2-7,10,13,21H,8-9H2,1H3. The summed E-state index contributed by atoms with van der Waals surface area (Å²) in [5, 5.41) is 27.2. The Morgan fingerprint density at radius 2 is 1.81 bits per heavy atom. The molecule has 1 aliphatic rings. The molecule has 21 heavy (non-hydrogen) atoms. The van der Waals surface area contributed by atoms with Crippen LogP contribution in [0.2, 0.25) is 0 Å². The summed E-state index contributed by atoms with van der Waals surface area (Å²) in [6.45, 7) is 2.12. The smallest absolute Gasteiger partial charge is 0.132 e. The van der Waals surface area contributed by atoms with Gasteiger partial charge in [-0.15, -0.1) is 0 Å². The normalized spacial score (nSPS) is 18.0. The SMILES string of the molecule is CC1CC(C=Cc2ccc(O)cc2)=CC(=C(C#N)C#N)C1. The second kappa shape index (κ2) is 6.59. The Morgan fingerprint density at radius 1 is 1.14 bits per heavy atom. The summed E-state index contributed by atoms with van der Waals surface area (Å²) in [5.74, 6) is 0.664. The molecule has 1 aromatic carbocycles. The number of nitriles is 2. The molecule has 0 fully saturated rings. The first-order chi connectivity index (χ1) is 10.1. The summed E-state index contributed by atoms with van der Waals surface area (Å²) in [6, 6.07) is 10.9. The highest BCUT2D eigenvalue weighted by Crippen LogP contribution is 2.30. The summed E-state index contributed by atoms with van der Waals surface area (Å²) >= 11 is 0. The zero-order chi connectivity index (χ0) is 15.2. The van der Waals surface area contributed by atoms with E-state index in [2.05, 4.69) is 6.92 Å². The van der Waals surface area contributed by atoms with Gasteiger partial charge in [-0.05, 0) is 47.6 Å². The molecule has 1 aliphatic carbocycles. The number of allylic oxidation sites excluding steroid dienone is 5. The monoisotopic (exact) mass is 276 g/mol. The Bertz CT molecular complexity index is 678. The highest BCUT2D eigenvalue weighted by molar-refractivity contribution is 5.56. The number of phenols is 1. The lowest BCUT2D eigenvalue weighted by Gasteiger charge is -2.19. The second-order valence-corrected chi connectivity index (χ2v) is 5.28. The van der Waals surface area contributed by atoms with Crippen LogP contribution in [0.1, 0.15) is 25.3 Å². The van der Waals surface area contributed by atoms with E-state index in [-0.39, 0.29) is 11.3 Å². The quantitative estimate of drug-likeness (QED) is 0.827.